The molecule has 0 radical (unpaired) electrons. The van der Waals surface area contributed by atoms with Gasteiger partial charge in [-0.3, -0.25) is 0 Å². The van der Waals surface area contributed by atoms with Gasteiger partial charge in [0.05, 0.1) is 30.6 Å². The third kappa shape index (κ3) is 4.83. The van der Waals surface area contributed by atoms with Crippen molar-refractivity contribution in [3.05, 3.63) is 48.4 Å². The van der Waals surface area contributed by atoms with Crippen LogP contribution in [0.5, 0.6) is 5.75 Å². The molecule has 0 aliphatic heterocycles. The van der Waals surface area contributed by atoms with Gasteiger partial charge in [-0.2, -0.15) is 4.31 Å². The molecule has 1 heterocycles. The van der Waals surface area contributed by atoms with E-state index in [-0.39, 0.29) is 18.0 Å². The molecule has 24 heavy (non-hydrogen) atoms. The topological polar surface area (TPSA) is 69.0 Å². The van der Waals surface area contributed by atoms with Crippen LogP contribution in [0.1, 0.15) is 18.9 Å². The van der Waals surface area contributed by atoms with Gasteiger partial charge in [0.2, 0.25) is 10.0 Å². The van der Waals surface area contributed by atoms with Crippen LogP contribution >= 0.6 is 0 Å². The summed E-state index contributed by atoms with van der Waals surface area (Å²) in [6.45, 7) is 3.43. The Morgan fingerprint density at radius 1 is 1.12 bits per heavy atom. The highest BCUT2D eigenvalue weighted by molar-refractivity contribution is 7.89. The van der Waals surface area contributed by atoms with Crippen LogP contribution in [0.4, 0.5) is 0 Å². The van der Waals surface area contributed by atoms with E-state index in [1.165, 1.54) is 16.8 Å². The molecule has 0 amide bonds. The first-order valence-corrected chi connectivity index (χ1v) is 9.25. The first kappa shape index (κ1) is 18.5. The molecule has 2 aromatic rings. The molecule has 0 spiro atoms. The van der Waals surface area contributed by atoms with Gasteiger partial charge in [-0.25, -0.2) is 8.42 Å². The highest BCUT2D eigenvalue weighted by Gasteiger charge is 2.24. The predicted octanol–water partition coefficient (Wildman–Crippen LogP) is 2.91. The number of hydrogen-bond donors (Lipinski definition) is 0. The standard InChI is InChI=1S/C17H23NO5S/c1-3-10-23-16-4-6-17(7-5-16)24(19,20)18(9-12-21-2)13-15-8-11-22-14-15/h4-8,11,14H,3,9-10,12-13H2,1-2H3. The number of nitrogens with zero attached hydrogens (tertiary/aromatic N) is 1. The van der Waals surface area contributed by atoms with Gasteiger partial charge in [0.25, 0.3) is 0 Å². The van der Waals surface area contributed by atoms with Gasteiger partial charge in [0, 0.05) is 25.8 Å². The van der Waals surface area contributed by atoms with E-state index >= 15 is 0 Å². The molecule has 0 aliphatic carbocycles. The minimum atomic E-state index is -3.63. The minimum absolute atomic E-state index is 0.228. The zero-order valence-corrected chi connectivity index (χ0v) is 14.8. The second-order valence-corrected chi connectivity index (χ2v) is 7.22. The van der Waals surface area contributed by atoms with Crippen LogP contribution in [0.15, 0.2) is 52.2 Å². The molecular formula is C17H23NO5S. The zero-order chi connectivity index (χ0) is 17.4. The molecular weight excluding hydrogens is 330 g/mol. The predicted molar refractivity (Wildman–Crippen MR) is 90.4 cm³/mol. The van der Waals surface area contributed by atoms with Crippen LogP contribution in [-0.2, 0) is 21.3 Å². The molecule has 6 nitrogen and oxygen atoms in total. The van der Waals surface area contributed by atoms with E-state index in [2.05, 4.69) is 0 Å². The van der Waals surface area contributed by atoms with Crippen molar-refractivity contribution in [2.45, 2.75) is 24.8 Å². The first-order valence-electron chi connectivity index (χ1n) is 7.81. The Hall–Kier alpha value is -1.83. The fourth-order valence-electron chi connectivity index (χ4n) is 2.14. The highest BCUT2D eigenvalue weighted by atomic mass is 32.2. The largest absolute Gasteiger partial charge is 0.494 e. The lowest BCUT2D eigenvalue weighted by atomic mass is 10.3. The lowest BCUT2D eigenvalue weighted by Gasteiger charge is -2.21. The van der Waals surface area contributed by atoms with Crippen LogP contribution in [0.3, 0.4) is 0 Å². The summed E-state index contributed by atoms with van der Waals surface area (Å²) in [5, 5.41) is 0. The summed E-state index contributed by atoms with van der Waals surface area (Å²) in [6.07, 6.45) is 3.96. The molecule has 0 N–H and O–H groups in total. The van der Waals surface area contributed by atoms with E-state index in [1.807, 2.05) is 6.92 Å². The van der Waals surface area contributed by atoms with E-state index in [4.69, 9.17) is 13.9 Å². The van der Waals surface area contributed by atoms with Gasteiger partial charge in [-0.05, 0) is 36.8 Å². The highest BCUT2D eigenvalue weighted by Crippen LogP contribution is 2.21. The molecule has 0 bridgehead atoms. The lowest BCUT2D eigenvalue weighted by molar-refractivity contribution is 0.177. The molecule has 7 heteroatoms. The van der Waals surface area contributed by atoms with E-state index in [0.29, 0.717) is 19.0 Å². The molecule has 0 saturated heterocycles. The van der Waals surface area contributed by atoms with Crippen molar-refractivity contribution in [3.8, 4) is 5.75 Å². The van der Waals surface area contributed by atoms with E-state index in [0.717, 1.165) is 12.0 Å². The average Bonchev–Trinajstić information content (AvgIpc) is 3.10. The van der Waals surface area contributed by atoms with E-state index < -0.39 is 10.0 Å². The Bertz CT molecular complexity index is 695. The summed E-state index contributed by atoms with van der Waals surface area (Å²) in [6, 6.07) is 8.23. The number of benzene rings is 1. The summed E-state index contributed by atoms with van der Waals surface area (Å²) in [4.78, 5) is 0.228. The van der Waals surface area contributed by atoms with Crippen LogP contribution in [0, 0.1) is 0 Å². The van der Waals surface area contributed by atoms with Crippen molar-refractivity contribution in [1.82, 2.24) is 4.31 Å². The van der Waals surface area contributed by atoms with Crippen molar-refractivity contribution < 1.29 is 22.3 Å². The molecule has 2 rings (SSSR count). The number of hydrogen-bond acceptors (Lipinski definition) is 5. The van der Waals surface area contributed by atoms with Gasteiger partial charge in [0.1, 0.15) is 5.75 Å². The smallest absolute Gasteiger partial charge is 0.243 e. The van der Waals surface area contributed by atoms with Crippen LogP contribution in [0.25, 0.3) is 0 Å². The summed E-state index contributed by atoms with van der Waals surface area (Å²) in [5.74, 6) is 0.661. The Balaban J connectivity index is 2.19. The van der Waals surface area contributed by atoms with E-state index in [9.17, 15) is 8.42 Å². The third-order valence-corrected chi connectivity index (χ3v) is 5.28. The fourth-order valence-corrected chi connectivity index (χ4v) is 3.55. The van der Waals surface area contributed by atoms with Gasteiger partial charge in [-0.15, -0.1) is 0 Å². The molecule has 0 unspecified atom stereocenters. The van der Waals surface area contributed by atoms with Crippen molar-refractivity contribution in [1.29, 1.82) is 0 Å². The molecule has 0 aliphatic rings. The van der Waals surface area contributed by atoms with Gasteiger partial charge in [-0.1, -0.05) is 6.92 Å². The van der Waals surface area contributed by atoms with Crippen molar-refractivity contribution >= 4 is 10.0 Å². The molecule has 0 saturated carbocycles. The maximum absolute atomic E-state index is 12.9. The van der Waals surface area contributed by atoms with Crippen molar-refractivity contribution in [2.75, 3.05) is 26.9 Å². The number of sulfonamides is 1. The third-order valence-electron chi connectivity index (χ3n) is 3.42. The average molecular weight is 353 g/mol. The van der Waals surface area contributed by atoms with Crippen LogP contribution in [0.2, 0.25) is 0 Å². The quantitative estimate of drug-likeness (QED) is 0.657. The molecule has 132 valence electrons. The second kappa shape index (κ2) is 8.86. The molecule has 1 aromatic heterocycles. The Kier molecular flexibility index (Phi) is 6.84. The molecule has 0 atom stereocenters. The Morgan fingerprint density at radius 2 is 1.88 bits per heavy atom. The summed E-state index contributed by atoms with van der Waals surface area (Å²) in [5.41, 5.74) is 0.789. The number of furan rings is 1. The monoisotopic (exact) mass is 353 g/mol. The van der Waals surface area contributed by atoms with Crippen molar-refractivity contribution in [3.63, 3.8) is 0 Å². The minimum Gasteiger partial charge on any atom is -0.494 e. The SMILES string of the molecule is CCCOc1ccc(S(=O)(=O)N(CCOC)Cc2ccoc2)cc1. The van der Waals surface area contributed by atoms with Gasteiger partial charge in [0.15, 0.2) is 0 Å². The zero-order valence-electron chi connectivity index (χ0n) is 14.0. The Labute approximate surface area is 143 Å². The fraction of sp³-hybridized carbons (Fsp3) is 0.412. The van der Waals surface area contributed by atoms with Gasteiger partial charge >= 0.3 is 0 Å². The summed E-state index contributed by atoms with van der Waals surface area (Å²) in [7, 11) is -2.09. The van der Waals surface area contributed by atoms with Crippen molar-refractivity contribution in [2.24, 2.45) is 0 Å². The number of methoxy groups -OCH3 is 1. The Morgan fingerprint density at radius 3 is 2.46 bits per heavy atom. The van der Waals surface area contributed by atoms with E-state index in [1.54, 1.807) is 37.4 Å². The summed E-state index contributed by atoms with van der Waals surface area (Å²) >= 11 is 0. The summed E-state index contributed by atoms with van der Waals surface area (Å²) < 4.78 is 42.7. The normalized spacial score (nSPS) is 11.8. The first-order chi connectivity index (χ1) is 11.6. The van der Waals surface area contributed by atoms with Crippen LogP contribution < -0.4 is 4.74 Å². The van der Waals surface area contributed by atoms with Gasteiger partial charge < -0.3 is 13.9 Å². The number of ether oxygens (including phenoxy) is 2. The maximum atomic E-state index is 12.9. The number of rotatable bonds is 10. The second-order valence-electron chi connectivity index (χ2n) is 5.28. The molecule has 1 aromatic carbocycles. The lowest BCUT2D eigenvalue weighted by Crippen LogP contribution is -2.33. The molecule has 0 fully saturated rings. The maximum Gasteiger partial charge on any atom is 0.243 e. The van der Waals surface area contributed by atoms with Crippen LogP contribution in [-0.4, -0.2) is 39.6 Å².